The van der Waals surface area contributed by atoms with Crippen LogP contribution in [0.25, 0.3) is 0 Å². The molecule has 8 heteroatoms. The van der Waals surface area contributed by atoms with E-state index in [9.17, 15) is 4.79 Å². The zero-order valence-electron chi connectivity index (χ0n) is 14.4. The molecule has 0 spiro atoms. The monoisotopic (exact) mass is 342 g/mol. The summed E-state index contributed by atoms with van der Waals surface area (Å²) in [6.45, 7) is 5.55. The summed E-state index contributed by atoms with van der Waals surface area (Å²) in [4.78, 5) is 29.8. The Morgan fingerprint density at radius 3 is 2.68 bits per heavy atom. The van der Waals surface area contributed by atoms with Crippen molar-refractivity contribution < 1.29 is 9.32 Å². The summed E-state index contributed by atoms with van der Waals surface area (Å²) in [5.41, 5.74) is 0.574. The number of hydrogen-bond donors (Lipinski definition) is 0. The van der Waals surface area contributed by atoms with Crippen molar-refractivity contribution >= 4 is 5.91 Å². The van der Waals surface area contributed by atoms with Gasteiger partial charge >= 0.3 is 0 Å². The van der Waals surface area contributed by atoms with Gasteiger partial charge in [0.1, 0.15) is 5.82 Å². The number of aryl methyl sites for hydroxylation is 1. The fourth-order valence-corrected chi connectivity index (χ4v) is 3.11. The second kappa shape index (κ2) is 6.87. The van der Waals surface area contributed by atoms with Gasteiger partial charge in [0.05, 0.1) is 12.1 Å². The number of amides is 1. The molecule has 4 rings (SSSR count). The zero-order valence-corrected chi connectivity index (χ0v) is 14.4. The van der Waals surface area contributed by atoms with Crippen molar-refractivity contribution in [3.63, 3.8) is 0 Å². The molecule has 3 heterocycles. The minimum atomic E-state index is 0.0119. The van der Waals surface area contributed by atoms with Gasteiger partial charge < -0.3 is 9.42 Å². The van der Waals surface area contributed by atoms with Crippen LogP contribution in [-0.2, 0) is 6.54 Å². The number of rotatable bonds is 4. The largest absolute Gasteiger partial charge is 0.338 e. The van der Waals surface area contributed by atoms with E-state index in [1.807, 2.05) is 11.8 Å². The van der Waals surface area contributed by atoms with E-state index in [-0.39, 0.29) is 5.91 Å². The third-order valence-electron chi connectivity index (χ3n) is 4.67. The fraction of sp³-hybridized carbons (Fsp3) is 0.588. The van der Waals surface area contributed by atoms with Crippen molar-refractivity contribution in [2.24, 2.45) is 0 Å². The van der Waals surface area contributed by atoms with Crippen LogP contribution in [0.2, 0.25) is 0 Å². The lowest BCUT2D eigenvalue weighted by atomic mass is 10.2. The number of nitrogens with zero attached hydrogens (tertiary/aromatic N) is 6. The molecule has 0 atom stereocenters. The summed E-state index contributed by atoms with van der Waals surface area (Å²) in [5, 5.41) is 3.82. The Hall–Kier alpha value is -2.35. The Morgan fingerprint density at radius 1 is 1.20 bits per heavy atom. The molecule has 0 bridgehead atoms. The maximum atomic E-state index is 12.7. The quantitative estimate of drug-likeness (QED) is 0.829. The van der Waals surface area contributed by atoms with E-state index in [0.29, 0.717) is 36.3 Å². The topological polar surface area (TPSA) is 88.3 Å². The minimum absolute atomic E-state index is 0.0119. The van der Waals surface area contributed by atoms with Crippen LogP contribution in [0.3, 0.4) is 0 Å². The van der Waals surface area contributed by atoms with Gasteiger partial charge in [0, 0.05) is 44.5 Å². The summed E-state index contributed by atoms with van der Waals surface area (Å²) in [5.74, 6) is 2.66. The first-order chi connectivity index (χ1) is 12.2. The summed E-state index contributed by atoms with van der Waals surface area (Å²) in [7, 11) is 0. The van der Waals surface area contributed by atoms with Crippen LogP contribution >= 0.6 is 0 Å². The highest BCUT2D eigenvalue weighted by Gasteiger charge is 2.27. The van der Waals surface area contributed by atoms with Crippen molar-refractivity contribution in [2.45, 2.75) is 38.6 Å². The number of hydrogen-bond acceptors (Lipinski definition) is 7. The lowest BCUT2D eigenvalue weighted by Crippen LogP contribution is -2.35. The standard InChI is InChI=1S/C17H22N6O2/c1-12-20-15(25-21-12)11-22-5-2-6-23(8-7-22)17(24)14-9-18-16(19-10-14)13-3-4-13/h9-10,13H,2-8,11H2,1H3. The van der Waals surface area contributed by atoms with E-state index < -0.39 is 0 Å². The van der Waals surface area contributed by atoms with Crippen molar-refractivity contribution in [1.29, 1.82) is 0 Å². The normalized spacial score (nSPS) is 19.0. The first-order valence-corrected chi connectivity index (χ1v) is 8.82. The van der Waals surface area contributed by atoms with Gasteiger partial charge in [0.25, 0.3) is 5.91 Å². The molecule has 0 radical (unpaired) electrons. The summed E-state index contributed by atoms with van der Waals surface area (Å²) < 4.78 is 5.19. The highest BCUT2D eigenvalue weighted by Crippen LogP contribution is 2.37. The van der Waals surface area contributed by atoms with Crippen LogP contribution in [0.4, 0.5) is 0 Å². The molecule has 25 heavy (non-hydrogen) atoms. The van der Waals surface area contributed by atoms with Crippen LogP contribution in [0.5, 0.6) is 0 Å². The predicted molar refractivity (Wildman–Crippen MR) is 88.8 cm³/mol. The molecular formula is C17H22N6O2. The molecule has 2 fully saturated rings. The third-order valence-corrected chi connectivity index (χ3v) is 4.67. The molecule has 1 saturated heterocycles. The Morgan fingerprint density at radius 2 is 2.00 bits per heavy atom. The molecule has 132 valence electrons. The SMILES string of the molecule is Cc1noc(CN2CCCN(C(=O)c3cnc(C4CC4)nc3)CC2)n1. The summed E-state index contributed by atoms with van der Waals surface area (Å²) in [6.07, 6.45) is 6.59. The molecule has 0 N–H and O–H groups in total. The predicted octanol–water partition coefficient (Wildman–Crippen LogP) is 1.39. The van der Waals surface area contributed by atoms with E-state index in [2.05, 4.69) is 25.0 Å². The first-order valence-electron chi connectivity index (χ1n) is 8.82. The van der Waals surface area contributed by atoms with Crippen molar-refractivity contribution in [3.8, 4) is 0 Å². The second-order valence-corrected chi connectivity index (χ2v) is 6.76. The number of aromatic nitrogens is 4. The lowest BCUT2D eigenvalue weighted by molar-refractivity contribution is 0.0759. The van der Waals surface area contributed by atoms with E-state index >= 15 is 0 Å². The molecule has 2 aromatic rings. The van der Waals surface area contributed by atoms with Gasteiger partial charge in [0.2, 0.25) is 5.89 Å². The van der Waals surface area contributed by atoms with Crippen LogP contribution in [0, 0.1) is 6.92 Å². The highest BCUT2D eigenvalue weighted by atomic mass is 16.5. The van der Waals surface area contributed by atoms with Crippen molar-refractivity contribution in [3.05, 3.63) is 35.5 Å². The van der Waals surface area contributed by atoms with Gasteiger partial charge in [-0.25, -0.2) is 9.97 Å². The van der Waals surface area contributed by atoms with E-state index in [0.717, 1.165) is 44.7 Å². The highest BCUT2D eigenvalue weighted by molar-refractivity contribution is 5.93. The maximum Gasteiger partial charge on any atom is 0.257 e. The maximum absolute atomic E-state index is 12.7. The Labute approximate surface area is 146 Å². The molecule has 2 aliphatic rings. The molecule has 8 nitrogen and oxygen atoms in total. The third kappa shape index (κ3) is 3.84. The van der Waals surface area contributed by atoms with Gasteiger partial charge in [-0.15, -0.1) is 0 Å². The van der Waals surface area contributed by atoms with Crippen LogP contribution < -0.4 is 0 Å². The molecule has 1 amide bonds. The minimum Gasteiger partial charge on any atom is -0.338 e. The average Bonchev–Trinajstić information content (AvgIpc) is 3.42. The number of carbonyl (C=O) groups excluding carboxylic acids is 1. The van der Waals surface area contributed by atoms with Gasteiger partial charge in [-0.1, -0.05) is 5.16 Å². The molecule has 2 aromatic heterocycles. The first kappa shape index (κ1) is 16.1. The zero-order chi connectivity index (χ0) is 17.2. The van der Waals surface area contributed by atoms with Gasteiger partial charge in [-0.05, 0) is 26.2 Å². The summed E-state index contributed by atoms with van der Waals surface area (Å²) in [6, 6.07) is 0. The van der Waals surface area contributed by atoms with Gasteiger partial charge in [-0.3, -0.25) is 9.69 Å². The van der Waals surface area contributed by atoms with Gasteiger partial charge in [0.15, 0.2) is 5.82 Å². The molecule has 1 saturated carbocycles. The van der Waals surface area contributed by atoms with E-state index in [1.54, 1.807) is 12.4 Å². The Bertz CT molecular complexity index is 740. The lowest BCUT2D eigenvalue weighted by Gasteiger charge is -2.21. The van der Waals surface area contributed by atoms with E-state index in [1.165, 1.54) is 0 Å². The molecule has 0 aromatic carbocycles. The number of carbonyl (C=O) groups is 1. The molecule has 1 aliphatic heterocycles. The van der Waals surface area contributed by atoms with E-state index in [4.69, 9.17) is 4.52 Å². The molecular weight excluding hydrogens is 320 g/mol. The molecule has 1 aliphatic carbocycles. The van der Waals surface area contributed by atoms with Crippen molar-refractivity contribution in [2.75, 3.05) is 26.2 Å². The summed E-state index contributed by atoms with van der Waals surface area (Å²) >= 11 is 0. The van der Waals surface area contributed by atoms with Gasteiger partial charge in [-0.2, -0.15) is 4.98 Å². The Kier molecular flexibility index (Phi) is 4.44. The van der Waals surface area contributed by atoms with Crippen LogP contribution in [-0.4, -0.2) is 62.0 Å². The smallest absolute Gasteiger partial charge is 0.257 e. The second-order valence-electron chi connectivity index (χ2n) is 6.76. The van der Waals surface area contributed by atoms with Crippen LogP contribution in [0.1, 0.15) is 53.1 Å². The molecule has 0 unspecified atom stereocenters. The van der Waals surface area contributed by atoms with Crippen molar-refractivity contribution in [1.82, 2.24) is 29.9 Å². The Balaban J connectivity index is 1.35. The fourth-order valence-electron chi connectivity index (χ4n) is 3.11. The average molecular weight is 342 g/mol. The van der Waals surface area contributed by atoms with Crippen LogP contribution in [0.15, 0.2) is 16.9 Å².